The van der Waals surface area contributed by atoms with E-state index in [1.807, 2.05) is 13.0 Å². The zero-order valence-electron chi connectivity index (χ0n) is 35.3. The maximum absolute atomic E-state index is 14.8. The van der Waals surface area contributed by atoms with Crippen molar-refractivity contribution in [3.8, 4) is 11.6 Å². The van der Waals surface area contributed by atoms with Crippen molar-refractivity contribution in [2.45, 2.75) is 120 Å². The van der Waals surface area contributed by atoms with Gasteiger partial charge >= 0.3 is 12.3 Å². The number of aromatic nitrogens is 1. The molecule has 0 unspecified atom stereocenters. The number of alkyl halides is 3. The zero-order chi connectivity index (χ0) is 44.2. The van der Waals surface area contributed by atoms with E-state index in [1.165, 1.54) is 6.92 Å². The van der Waals surface area contributed by atoms with E-state index in [0.717, 1.165) is 11.1 Å². The molecule has 4 amide bonds. The summed E-state index contributed by atoms with van der Waals surface area (Å²) in [5.74, 6) is -4.03. The Balaban J connectivity index is 1.36. The Morgan fingerprint density at radius 2 is 1.81 bits per heavy atom. The van der Waals surface area contributed by atoms with Gasteiger partial charge in [-0.05, 0) is 77.2 Å². The molecule has 2 saturated carbocycles. The molecule has 7 atom stereocenters. The van der Waals surface area contributed by atoms with Crippen molar-refractivity contribution in [2.24, 2.45) is 17.8 Å². The number of alkyl carbamates (subject to hydrolysis) is 1. The number of amides is 4. The van der Waals surface area contributed by atoms with Gasteiger partial charge in [0, 0.05) is 23.1 Å². The standard InChI is InChI=1S/C39H50F3N5O9S/c1-22-11-7-8-12-24-19-38(24,34(50)46-57(52,53)37(5)15-16-37)45-31(48)28-18-25(55-32-27-14-10-9-13-26(27)29(54-6)20-43-32)21-47(28)33(49)30(23(2)17-22)44-35(51)56-36(3,4)39(40,41)42/h8-10,12-14,20,22-25,28,30H,7,11,15-19,21H2,1-6H3,(H,44,51)(H,45,48)(H,46,50)/b12-8-/t22-,23-,24-,25-,28+,30+,38-/m1/s1/i6D3. The molecule has 1 saturated heterocycles. The van der Waals surface area contributed by atoms with Crippen LogP contribution in [0, 0.1) is 17.8 Å². The average Bonchev–Trinajstić information content (AvgIpc) is 4.01. The summed E-state index contributed by atoms with van der Waals surface area (Å²) in [6.45, 7) is 6.10. The second-order valence-electron chi connectivity index (χ2n) is 16.6. The lowest BCUT2D eigenvalue weighted by atomic mass is 9.88. The highest BCUT2D eigenvalue weighted by Crippen LogP contribution is 2.48. The molecule has 1 aromatic carbocycles. The first-order chi connectivity index (χ1) is 27.8. The molecular formula is C39H50F3N5O9S. The number of fused-ring (bicyclic) bond motifs is 3. The zero-order valence-corrected chi connectivity index (χ0v) is 33.1. The van der Waals surface area contributed by atoms with Crippen LogP contribution >= 0.6 is 0 Å². The minimum Gasteiger partial charge on any atom is -0.494 e. The molecule has 2 aliphatic heterocycles. The third kappa shape index (κ3) is 8.51. The molecule has 0 spiro atoms. The molecule has 6 rings (SSSR count). The minimum absolute atomic E-state index is 0.000868. The number of ether oxygens (including phenoxy) is 3. The van der Waals surface area contributed by atoms with Gasteiger partial charge in [0.2, 0.25) is 33.3 Å². The van der Waals surface area contributed by atoms with Crippen LogP contribution in [0.15, 0.2) is 42.6 Å². The fraction of sp³-hybridized carbons (Fsp3) is 0.615. The lowest BCUT2D eigenvalue weighted by Gasteiger charge is -2.34. The molecule has 18 heteroatoms. The number of rotatable bonds is 8. The molecule has 2 aliphatic carbocycles. The van der Waals surface area contributed by atoms with E-state index in [4.69, 9.17) is 18.3 Å². The molecule has 4 aliphatic rings. The highest BCUT2D eigenvalue weighted by atomic mass is 32.2. The first kappa shape index (κ1) is 37.9. The van der Waals surface area contributed by atoms with Crippen LogP contribution in [-0.4, -0.2) is 96.0 Å². The highest BCUT2D eigenvalue weighted by Gasteiger charge is 2.63. The van der Waals surface area contributed by atoms with Crippen LogP contribution in [0.1, 0.15) is 83.7 Å². The molecule has 0 radical (unpaired) electrons. The summed E-state index contributed by atoms with van der Waals surface area (Å²) in [5.41, 5.74) is -4.61. The Labute approximate surface area is 333 Å². The van der Waals surface area contributed by atoms with E-state index in [1.54, 1.807) is 37.3 Å². The van der Waals surface area contributed by atoms with Gasteiger partial charge in [-0.25, -0.2) is 18.2 Å². The summed E-state index contributed by atoms with van der Waals surface area (Å²) in [7, 11) is -6.91. The lowest BCUT2D eigenvalue weighted by molar-refractivity contribution is -0.244. The van der Waals surface area contributed by atoms with Gasteiger partial charge in [-0.2, -0.15) is 13.2 Å². The molecule has 57 heavy (non-hydrogen) atoms. The van der Waals surface area contributed by atoms with Crippen molar-refractivity contribution >= 4 is 44.6 Å². The second kappa shape index (κ2) is 15.3. The Hall–Kier alpha value is -4.61. The Bertz CT molecular complexity index is 2170. The van der Waals surface area contributed by atoms with E-state index in [9.17, 15) is 40.8 Å². The number of sulfonamides is 1. The SMILES string of the molecule is [2H]C([2H])([2H])Oc1cnc(O[C@@H]2C[C@H]3C(=O)N[C@]4(C(=O)NS(=O)(=O)C5(C)CC5)C[C@H]4/C=C\CC[C@@H](C)C[C@@H](C)[C@H](NC(=O)OC(C)(C)C(F)(F)F)C(=O)N3C2)c2ccccc12. The van der Waals surface area contributed by atoms with E-state index >= 15 is 0 Å². The number of allylic oxidation sites excluding steroid dienone is 1. The van der Waals surface area contributed by atoms with E-state index in [2.05, 4.69) is 20.3 Å². The molecule has 14 nitrogen and oxygen atoms in total. The minimum atomic E-state index is -4.94. The summed E-state index contributed by atoms with van der Waals surface area (Å²) in [6, 6.07) is 3.59. The molecule has 2 aromatic rings. The smallest absolute Gasteiger partial charge is 0.427 e. The second-order valence-corrected chi connectivity index (χ2v) is 18.8. The Morgan fingerprint density at radius 1 is 1.11 bits per heavy atom. The van der Waals surface area contributed by atoms with E-state index in [0.29, 0.717) is 56.7 Å². The molecule has 0 bridgehead atoms. The van der Waals surface area contributed by atoms with Crippen molar-refractivity contribution in [1.82, 2.24) is 25.2 Å². The van der Waals surface area contributed by atoms with Crippen LogP contribution in [0.3, 0.4) is 0 Å². The van der Waals surface area contributed by atoms with Crippen molar-refractivity contribution in [3.63, 3.8) is 0 Å². The number of carbonyl (C=O) groups excluding carboxylic acids is 4. The van der Waals surface area contributed by atoms with Crippen LogP contribution in [0.25, 0.3) is 10.8 Å². The van der Waals surface area contributed by atoms with Gasteiger partial charge in [0.05, 0.1) is 28.6 Å². The lowest BCUT2D eigenvalue weighted by Crippen LogP contribution is -2.59. The number of methoxy groups -OCH3 is 1. The van der Waals surface area contributed by atoms with Crippen LogP contribution in [-0.2, 0) is 29.1 Å². The maximum Gasteiger partial charge on any atom is 0.427 e. The van der Waals surface area contributed by atoms with Gasteiger partial charge in [0.1, 0.15) is 29.5 Å². The topological polar surface area (TPSA) is 182 Å². The summed E-state index contributed by atoms with van der Waals surface area (Å²) in [5, 5.41) is 5.77. The number of nitrogens with one attached hydrogen (secondary N) is 3. The summed E-state index contributed by atoms with van der Waals surface area (Å²) >= 11 is 0. The third-order valence-electron chi connectivity index (χ3n) is 11.7. The van der Waals surface area contributed by atoms with Crippen molar-refractivity contribution in [3.05, 3.63) is 42.6 Å². The van der Waals surface area contributed by atoms with Crippen LogP contribution in [0.5, 0.6) is 11.6 Å². The summed E-state index contributed by atoms with van der Waals surface area (Å²) < 4.78 is 108. The number of benzene rings is 1. The van der Waals surface area contributed by atoms with Gasteiger partial charge < -0.3 is 29.7 Å². The average molecular weight is 825 g/mol. The predicted octanol–water partition coefficient (Wildman–Crippen LogP) is 4.91. The largest absolute Gasteiger partial charge is 0.494 e. The number of hydrogen-bond donors (Lipinski definition) is 3. The van der Waals surface area contributed by atoms with Gasteiger partial charge in [0.25, 0.3) is 5.91 Å². The van der Waals surface area contributed by atoms with Crippen molar-refractivity contribution < 1.29 is 59.1 Å². The monoisotopic (exact) mass is 824 g/mol. The summed E-state index contributed by atoms with van der Waals surface area (Å²) in [4.78, 5) is 61.8. The molecular weight excluding hydrogens is 772 g/mol. The summed E-state index contributed by atoms with van der Waals surface area (Å²) in [6.07, 6.45) is -0.728. The van der Waals surface area contributed by atoms with Gasteiger partial charge in [-0.15, -0.1) is 0 Å². The van der Waals surface area contributed by atoms with Crippen LogP contribution in [0.4, 0.5) is 18.0 Å². The fourth-order valence-corrected chi connectivity index (χ4v) is 8.83. The number of carbonyl (C=O) groups is 4. The number of pyridine rings is 1. The maximum atomic E-state index is 14.8. The van der Waals surface area contributed by atoms with Gasteiger partial charge in [0.15, 0.2) is 0 Å². The Kier molecular flexibility index (Phi) is 10.2. The van der Waals surface area contributed by atoms with Crippen molar-refractivity contribution in [1.29, 1.82) is 0 Å². The number of nitrogens with zero attached hydrogens (tertiary/aromatic N) is 2. The number of halogens is 3. The normalized spacial score (nSPS) is 30.7. The van der Waals surface area contributed by atoms with Crippen LogP contribution in [0.2, 0.25) is 0 Å². The molecule has 3 fully saturated rings. The van der Waals surface area contributed by atoms with Gasteiger partial charge in [-0.3, -0.25) is 19.1 Å². The van der Waals surface area contributed by atoms with E-state index in [-0.39, 0.29) is 36.9 Å². The fourth-order valence-electron chi connectivity index (χ4n) is 7.52. The van der Waals surface area contributed by atoms with Crippen molar-refractivity contribution in [2.75, 3.05) is 13.6 Å². The predicted molar refractivity (Wildman–Crippen MR) is 201 cm³/mol. The highest BCUT2D eigenvalue weighted by molar-refractivity contribution is 7.91. The third-order valence-corrected chi connectivity index (χ3v) is 13.8. The Morgan fingerprint density at radius 3 is 2.47 bits per heavy atom. The molecule has 312 valence electrons. The molecule has 3 heterocycles. The van der Waals surface area contributed by atoms with E-state index < -0.39 is 93.0 Å². The molecule has 3 N–H and O–H groups in total. The number of hydrogen-bond acceptors (Lipinski definition) is 10. The van der Waals surface area contributed by atoms with Crippen LogP contribution < -0.4 is 24.8 Å². The first-order valence-corrected chi connectivity index (χ1v) is 20.4. The molecule has 1 aromatic heterocycles. The quantitative estimate of drug-likeness (QED) is 0.310. The van der Waals surface area contributed by atoms with Gasteiger partial charge in [-0.1, -0.05) is 44.2 Å². The first-order valence-electron chi connectivity index (χ1n) is 20.4.